The zero-order valence-electron chi connectivity index (χ0n) is 9.98. The van der Waals surface area contributed by atoms with Gasteiger partial charge in [-0.2, -0.15) is 0 Å². The summed E-state index contributed by atoms with van der Waals surface area (Å²) in [6.07, 6.45) is 0.214. The predicted molar refractivity (Wildman–Crippen MR) is 62.3 cm³/mol. The SMILES string of the molecule is COC(=O)[C@H]1CNC(=O)C[C@@H]1c1ccc(F)cc1. The van der Waals surface area contributed by atoms with E-state index in [0.717, 1.165) is 5.56 Å². The highest BCUT2D eigenvalue weighted by molar-refractivity contribution is 5.83. The fraction of sp³-hybridized carbons (Fsp3) is 0.385. The molecule has 4 nitrogen and oxygen atoms in total. The summed E-state index contributed by atoms with van der Waals surface area (Å²) in [5.41, 5.74) is 0.779. The fourth-order valence-corrected chi connectivity index (χ4v) is 2.24. The number of halogens is 1. The standard InChI is InChI=1S/C13H14FNO3/c1-18-13(17)11-7-15-12(16)6-10(11)8-2-4-9(14)5-3-8/h2-5,10-11H,6-7H2,1H3,(H,15,16)/t10-,11+/m1/s1. The molecule has 1 N–H and O–H groups in total. The van der Waals surface area contributed by atoms with E-state index in [1.807, 2.05) is 0 Å². The quantitative estimate of drug-likeness (QED) is 0.804. The van der Waals surface area contributed by atoms with Crippen LogP contribution in [0.4, 0.5) is 4.39 Å². The van der Waals surface area contributed by atoms with Crippen LogP contribution in [0.3, 0.4) is 0 Å². The minimum Gasteiger partial charge on any atom is -0.469 e. The van der Waals surface area contributed by atoms with Gasteiger partial charge < -0.3 is 10.1 Å². The minimum atomic E-state index is -0.418. The number of benzene rings is 1. The fourth-order valence-electron chi connectivity index (χ4n) is 2.24. The average molecular weight is 251 g/mol. The summed E-state index contributed by atoms with van der Waals surface area (Å²) in [6, 6.07) is 5.87. The smallest absolute Gasteiger partial charge is 0.311 e. The molecule has 0 aromatic heterocycles. The average Bonchev–Trinajstić information content (AvgIpc) is 2.38. The molecule has 5 heteroatoms. The highest BCUT2D eigenvalue weighted by Crippen LogP contribution is 2.31. The van der Waals surface area contributed by atoms with Gasteiger partial charge in [0.2, 0.25) is 5.91 Å². The second-order valence-corrected chi connectivity index (χ2v) is 4.30. The number of esters is 1. The largest absolute Gasteiger partial charge is 0.469 e. The van der Waals surface area contributed by atoms with Gasteiger partial charge in [0.1, 0.15) is 5.82 Å². The predicted octanol–water partition coefficient (Wildman–Crippen LogP) is 1.22. The highest BCUT2D eigenvalue weighted by Gasteiger charge is 2.35. The molecule has 0 spiro atoms. The lowest BCUT2D eigenvalue weighted by Gasteiger charge is -2.29. The molecule has 1 aromatic rings. The Kier molecular flexibility index (Phi) is 3.60. The van der Waals surface area contributed by atoms with E-state index in [1.165, 1.54) is 19.2 Å². The molecule has 96 valence electrons. The van der Waals surface area contributed by atoms with Crippen LogP contribution >= 0.6 is 0 Å². The number of rotatable bonds is 2. The molecular weight excluding hydrogens is 237 g/mol. The van der Waals surface area contributed by atoms with E-state index >= 15 is 0 Å². The summed E-state index contributed by atoms with van der Waals surface area (Å²) in [5.74, 6) is -1.48. The molecule has 1 aliphatic heterocycles. The Morgan fingerprint density at radius 2 is 2.06 bits per heavy atom. The number of methoxy groups -OCH3 is 1. The van der Waals surface area contributed by atoms with Crippen LogP contribution < -0.4 is 5.32 Å². The van der Waals surface area contributed by atoms with Crippen molar-refractivity contribution in [2.24, 2.45) is 5.92 Å². The molecule has 1 aliphatic rings. The Morgan fingerprint density at radius 3 is 2.67 bits per heavy atom. The van der Waals surface area contributed by atoms with Crippen molar-refractivity contribution in [2.75, 3.05) is 13.7 Å². The van der Waals surface area contributed by atoms with Gasteiger partial charge in [0.05, 0.1) is 13.0 Å². The summed E-state index contributed by atoms with van der Waals surface area (Å²) < 4.78 is 17.6. The summed E-state index contributed by atoms with van der Waals surface area (Å²) in [6.45, 7) is 0.257. The number of hydrogen-bond acceptors (Lipinski definition) is 3. The number of carbonyl (C=O) groups excluding carboxylic acids is 2. The van der Waals surface area contributed by atoms with Crippen LogP contribution in [-0.2, 0) is 14.3 Å². The third-order valence-corrected chi connectivity index (χ3v) is 3.21. The van der Waals surface area contributed by atoms with Crippen molar-refractivity contribution in [3.05, 3.63) is 35.6 Å². The van der Waals surface area contributed by atoms with Crippen LogP contribution in [0.15, 0.2) is 24.3 Å². The van der Waals surface area contributed by atoms with Gasteiger partial charge in [-0.15, -0.1) is 0 Å². The first-order valence-electron chi connectivity index (χ1n) is 5.72. The molecule has 0 bridgehead atoms. The Balaban J connectivity index is 2.27. The number of hydrogen-bond donors (Lipinski definition) is 1. The summed E-state index contributed by atoms with van der Waals surface area (Å²) >= 11 is 0. The van der Waals surface area contributed by atoms with E-state index in [4.69, 9.17) is 4.74 Å². The monoisotopic (exact) mass is 251 g/mol. The third kappa shape index (κ3) is 2.50. The third-order valence-electron chi connectivity index (χ3n) is 3.21. The van der Waals surface area contributed by atoms with Crippen LogP contribution in [0, 0.1) is 11.7 Å². The molecule has 0 unspecified atom stereocenters. The molecule has 1 heterocycles. The Bertz CT molecular complexity index is 458. The molecule has 0 aliphatic carbocycles. The van der Waals surface area contributed by atoms with Crippen LogP contribution in [0.2, 0.25) is 0 Å². The summed E-state index contributed by atoms with van der Waals surface area (Å²) in [5, 5.41) is 2.64. The van der Waals surface area contributed by atoms with Gasteiger partial charge in [0, 0.05) is 18.9 Å². The van der Waals surface area contributed by atoms with Crippen molar-refractivity contribution in [1.29, 1.82) is 0 Å². The summed E-state index contributed by atoms with van der Waals surface area (Å²) in [4.78, 5) is 23.1. The van der Waals surface area contributed by atoms with Crippen molar-refractivity contribution in [2.45, 2.75) is 12.3 Å². The van der Waals surface area contributed by atoms with Gasteiger partial charge in [-0.25, -0.2) is 4.39 Å². The number of amides is 1. The maximum absolute atomic E-state index is 12.9. The Labute approximate surface area is 104 Å². The van der Waals surface area contributed by atoms with Gasteiger partial charge in [0.25, 0.3) is 0 Å². The van der Waals surface area contributed by atoms with Crippen molar-refractivity contribution in [3.63, 3.8) is 0 Å². The van der Waals surface area contributed by atoms with E-state index in [0.29, 0.717) is 0 Å². The first kappa shape index (κ1) is 12.5. The van der Waals surface area contributed by atoms with Crippen molar-refractivity contribution in [1.82, 2.24) is 5.32 Å². The topological polar surface area (TPSA) is 55.4 Å². The molecule has 2 rings (SSSR count). The molecule has 2 atom stereocenters. The van der Waals surface area contributed by atoms with Crippen LogP contribution in [0.1, 0.15) is 17.9 Å². The Hall–Kier alpha value is -1.91. The molecule has 1 amide bonds. The lowest BCUT2D eigenvalue weighted by molar-refractivity contribution is -0.147. The first-order valence-corrected chi connectivity index (χ1v) is 5.72. The van der Waals surface area contributed by atoms with Gasteiger partial charge in [0.15, 0.2) is 0 Å². The lowest BCUT2D eigenvalue weighted by Crippen LogP contribution is -2.43. The lowest BCUT2D eigenvalue weighted by atomic mass is 9.81. The first-order chi connectivity index (χ1) is 8.61. The van der Waals surface area contributed by atoms with Crippen molar-refractivity contribution >= 4 is 11.9 Å². The molecule has 0 saturated carbocycles. The van der Waals surface area contributed by atoms with E-state index in [1.54, 1.807) is 12.1 Å². The molecular formula is C13H14FNO3. The van der Waals surface area contributed by atoms with Crippen molar-refractivity contribution in [3.8, 4) is 0 Å². The zero-order valence-corrected chi connectivity index (χ0v) is 9.98. The van der Waals surface area contributed by atoms with Crippen molar-refractivity contribution < 1.29 is 18.7 Å². The van der Waals surface area contributed by atoms with Gasteiger partial charge in [-0.1, -0.05) is 12.1 Å². The normalized spacial score (nSPS) is 23.3. The van der Waals surface area contributed by atoms with Crippen LogP contribution in [-0.4, -0.2) is 25.5 Å². The molecule has 18 heavy (non-hydrogen) atoms. The van der Waals surface area contributed by atoms with Gasteiger partial charge >= 0.3 is 5.97 Å². The summed E-state index contributed by atoms with van der Waals surface area (Å²) in [7, 11) is 1.32. The van der Waals surface area contributed by atoms with Gasteiger partial charge in [-0.05, 0) is 17.7 Å². The molecule has 1 fully saturated rings. The maximum Gasteiger partial charge on any atom is 0.311 e. The highest BCUT2D eigenvalue weighted by atomic mass is 19.1. The second kappa shape index (κ2) is 5.16. The second-order valence-electron chi connectivity index (χ2n) is 4.30. The molecule has 0 radical (unpaired) electrons. The Morgan fingerprint density at radius 1 is 1.39 bits per heavy atom. The van der Waals surface area contributed by atoms with Gasteiger partial charge in [-0.3, -0.25) is 9.59 Å². The number of carbonyl (C=O) groups is 2. The number of nitrogens with one attached hydrogen (secondary N) is 1. The van der Waals surface area contributed by atoms with Crippen LogP contribution in [0.5, 0.6) is 0 Å². The number of ether oxygens (including phenoxy) is 1. The van der Waals surface area contributed by atoms with E-state index in [-0.39, 0.29) is 36.6 Å². The number of piperidine rings is 1. The van der Waals surface area contributed by atoms with E-state index < -0.39 is 5.92 Å². The maximum atomic E-state index is 12.9. The van der Waals surface area contributed by atoms with E-state index in [2.05, 4.69) is 5.32 Å². The molecule has 1 saturated heterocycles. The molecule has 1 aromatic carbocycles. The zero-order chi connectivity index (χ0) is 13.1. The minimum absolute atomic E-state index is 0.107. The van der Waals surface area contributed by atoms with Crippen LogP contribution in [0.25, 0.3) is 0 Å². The van der Waals surface area contributed by atoms with E-state index in [9.17, 15) is 14.0 Å².